The SMILES string of the molecule is CC1=C(C(N)=O)[C@H](c2ccc(C(=O)O)cc2)n2ncnc2N1. The van der Waals surface area contributed by atoms with Crippen molar-refractivity contribution in [2.24, 2.45) is 5.73 Å². The first-order valence-corrected chi connectivity index (χ1v) is 6.49. The van der Waals surface area contributed by atoms with Crippen LogP contribution < -0.4 is 11.1 Å². The van der Waals surface area contributed by atoms with Gasteiger partial charge in [0, 0.05) is 5.70 Å². The third-order valence-electron chi connectivity index (χ3n) is 3.53. The van der Waals surface area contributed by atoms with Gasteiger partial charge < -0.3 is 16.2 Å². The highest BCUT2D eigenvalue weighted by molar-refractivity contribution is 5.95. The van der Waals surface area contributed by atoms with E-state index in [0.29, 0.717) is 22.8 Å². The number of amides is 1. The highest BCUT2D eigenvalue weighted by Crippen LogP contribution is 2.34. The van der Waals surface area contributed by atoms with Crippen molar-refractivity contribution >= 4 is 17.8 Å². The van der Waals surface area contributed by atoms with Gasteiger partial charge in [0.25, 0.3) is 0 Å². The molecule has 1 aliphatic rings. The van der Waals surface area contributed by atoms with E-state index in [-0.39, 0.29) is 5.56 Å². The Morgan fingerprint density at radius 3 is 2.59 bits per heavy atom. The molecule has 0 spiro atoms. The Labute approximate surface area is 125 Å². The van der Waals surface area contributed by atoms with Gasteiger partial charge in [-0.2, -0.15) is 10.1 Å². The number of allylic oxidation sites excluding steroid dienone is 1. The number of nitrogens with two attached hydrogens (primary N) is 1. The van der Waals surface area contributed by atoms with Crippen LogP contribution in [0.15, 0.2) is 41.9 Å². The summed E-state index contributed by atoms with van der Waals surface area (Å²) in [7, 11) is 0. The highest BCUT2D eigenvalue weighted by atomic mass is 16.4. The lowest BCUT2D eigenvalue weighted by Crippen LogP contribution is -2.31. The van der Waals surface area contributed by atoms with Gasteiger partial charge in [-0.15, -0.1) is 0 Å². The monoisotopic (exact) mass is 299 g/mol. The average Bonchev–Trinajstić information content (AvgIpc) is 2.93. The van der Waals surface area contributed by atoms with E-state index >= 15 is 0 Å². The number of nitrogens with zero attached hydrogens (tertiary/aromatic N) is 3. The van der Waals surface area contributed by atoms with E-state index in [1.807, 2.05) is 0 Å². The third kappa shape index (κ3) is 2.10. The average molecular weight is 299 g/mol. The summed E-state index contributed by atoms with van der Waals surface area (Å²) < 4.78 is 1.54. The van der Waals surface area contributed by atoms with E-state index in [0.717, 1.165) is 0 Å². The number of benzene rings is 1. The number of aromatic carboxylic acids is 1. The van der Waals surface area contributed by atoms with Crippen LogP contribution in [0.3, 0.4) is 0 Å². The lowest BCUT2D eigenvalue weighted by atomic mass is 9.94. The lowest BCUT2D eigenvalue weighted by molar-refractivity contribution is -0.115. The topological polar surface area (TPSA) is 123 Å². The first-order valence-electron chi connectivity index (χ1n) is 6.49. The Kier molecular flexibility index (Phi) is 3.13. The van der Waals surface area contributed by atoms with Crippen LogP contribution in [0.1, 0.15) is 28.9 Å². The molecule has 1 atom stereocenters. The van der Waals surface area contributed by atoms with Crippen molar-refractivity contribution in [1.29, 1.82) is 0 Å². The molecule has 1 amide bonds. The van der Waals surface area contributed by atoms with Gasteiger partial charge in [-0.05, 0) is 24.6 Å². The Morgan fingerprint density at radius 2 is 2.00 bits per heavy atom. The number of carbonyl (C=O) groups excluding carboxylic acids is 1. The number of carboxylic acid groups (broad SMARTS) is 1. The number of anilines is 1. The maximum atomic E-state index is 11.8. The summed E-state index contributed by atoms with van der Waals surface area (Å²) in [6.07, 6.45) is 1.37. The van der Waals surface area contributed by atoms with Crippen molar-refractivity contribution in [3.8, 4) is 0 Å². The zero-order valence-corrected chi connectivity index (χ0v) is 11.6. The lowest BCUT2D eigenvalue weighted by Gasteiger charge is -2.27. The fourth-order valence-electron chi connectivity index (χ4n) is 2.53. The van der Waals surface area contributed by atoms with E-state index < -0.39 is 17.9 Å². The number of hydrogen-bond acceptors (Lipinski definition) is 5. The molecule has 1 aromatic heterocycles. The molecule has 112 valence electrons. The Hall–Kier alpha value is -3.16. The van der Waals surface area contributed by atoms with E-state index in [2.05, 4.69) is 15.4 Å². The molecule has 2 aromatic rings. The largest absolute Gasteiger partial charge is 0.478 e. The molecule has 0 unspecified atom stereocenters. The smallest absolute Gasteiger partial charge is 0.335 e. The van der Waals surface area contributed by atoms with Crippen LogP contribution in [0, 0.1) is 0 Å². The summed E-state index contributed by atoms with van der Waals surface area (Å²) in [4.78, 5) is 26.9. The maximum absolute atomic E-state index is 11.8. The zero-order chi connectivity index (χ0) is 15.9. The predicted octanol–water partition coefficient (Wildman–Crippen LogP) is 0.750. The highest BCUT2D eigenvalue weighted by Gasteiger charge is 2.32. The Balaban J connectivity index is 2.14. The fourth-order valence-corrected chi connectivity index (χ4v) is 2.53. The number of fused-ring (bicyclic) bond motifs is 1. The van der Waals surface area contributed by atoms with Gasteiger partial charge in [-0.1, -0.05) is 12.1 Å². The minimum absolute atomic E-state index is 0.165. The van der Waals surface area contributed by atoms with E-state index in [4.69, 9.17) is 10.8 Å². The summed E-state index contributed by atoms with van der Waals surface area (Å²) in [5.74, 6) is -1.09. The standard InChI is InChI=1S/C14H13N5O3/c1-7-10(12(15)20)11(19-14(18-7)16-6-17-19)8-2-4-9(5-3-8)13(21)22/h2-6,11H,1H3,(H2,15,20)(H,21,22)(H,16,17,18)/t11-/m0/s1. The van der Waals surface area contributed by atoms with Crippen LogP contribution in [-0.4, -0.2) is 31.7 Å². The molecule has 1 aliphatic heterocycles. The molecule has 0 bridgehead atoms. The van der Waals surface area contributed by atoms with Crippen LogP contribution in [0.4, 0.5) is 5.95 Å². The van der Waals surface area contributed by atoms with E-state index in [1.165, 1.54) is 18.5 Å². The van der Waals surface area contributed by atoms with Crippen molar-refractivity contribution in [2.75, 3.05) is 5.32 Å². The number of nitrogens with one attached hydrogen (secondary N) is 1. The number of rotatable bonds is 3. The van der Waals surface area contributed by atoms with Gasteiger partial charge >= 0.3 is 5.97 Å². The van der Waals surface area contributed by atoms with Crippen molar-refractivity contribution < 1.29 is 14.7 Å². The van der Waals surface area contributed by atoms with Gasteiger partial charge in [-0.3, -0.25) is 4.79 Å². The fraction of sp³-hybridized carbons (Fsp3) is 0.143. The normalized spacial score (nSPS) is 16.9. The number of hydrogen-bond donors (Lipinski definition) is 3. The summed E-state index contributed by atoms with van der Waals surface area (Å²) in [5.41, 5.74) is 7.32. The molecule has 3 rings (SSSR count). The van der Waals surface area contributed by atoms with Gasteiger partial charge in [0.05, 0.1) is 11.1 Å². The minimum Gasteiger partial charge on any atom is -0.478 e. The zero-order valence-electron chi connectivity index (χ0n) is 11.6. The molecular weight excluding hydrogens is 286 g/mol. The number of aromatic nitrogens is 3. The second-order valence-corrected chi connectivity index (χ2v) is 4.89. The molecule has 0 fully saturated rings. The summed E-state index contributed by atoms with van der Waals surface area (Å²) in [6.45, 7) is 1.73. The molecule has 22 heavy (non-hydrogen) atoms. The maximum Gasteiger partial charge on any atom is 0.335 e. The first-order chi connectivity index (χ1) is 10.5. The van der Waals surface area contributed by atoms with Crippen LogP contribution in [0.2, 0.25) is 0 Å². The van der Waals surface area contributed by atoms with Crippen LogP contribution >= 0.6 is 0 Å². The van der Waals surface area contributed by atoms with Crippen molar-refractivity contribution in [3.05, 3.63) is 53.0 Å². The predicted molar refractivity (Wildman–Crippen MR) is 77.1 cm³/mol. The molecule has 0 aliphatic carbocycles. The van der Waals surface area contributed by atoms with Crippen molar-refractivity contribution in [1.82, 2.24) is 14.8 Å². The number of carboxylic acids is 1. The Bertz CT molecular complexity index is 791. The molecule has 1 aromatic carbocycles. The van der Waals surface area contributed by atoms with Gasteiger partial charge in [0.2, 0.25) is 11.9 Å². The quantitative estimate of drug-likeness (QED) is 0.768. The van der Waals surface area contributed by atoms with Gasteiger partial charge in [-0.25, -0.2) is 9.48 Å². The number of carbonyl (C=O) groups is 2. The molecule has 4 N–H and O–H groups in total. The first kappa shape index (κ1) is 13.8. The molecular formula is C14H13N5O3. The van der Waals surface area contributed by atoms with Gasteiger partial charge in [0.15, 0.2) is 0 Å². The summed E-state index contributed by atoms with van der Waals surface area (Å²) in [6, 6.07) is 5.69. The van der Waals surface area contributed by atoms with E-state index in [1.54, 1.807) is 23.7 Å². The van der Waals surface area contributed by atoms with Crippen LogP contribution in [0.5, 0.6) is 0 Å². The second kappa shape index (κ2) is 4.99. The molecule has 0 saturated heterocycles. The summed E-state index contributed by atoms with van der Waals surface area (Å²) >= 11 is 0. The van der Waals surface area contributed by atoms with Crippen LogP contribution in [0.25, 0.3) is 0 Å². The summed E-state index contributed by atoms with van der Waals surface area (Å²) in [5, 5.41) is 16.1. The number of primary amides is 1. The van der Waals surface area contributed by atoms with E-state index in [9.17, 15) is 9.59 Å². The molecule has 0 saturated carbocycles. The van der Waals surface area contributed by atoms with Crippen molar-refractivity contribution in [2.45, 2.75) is 13.0 Å². The van der Waals surface area contributed by atoms with Crippen molar-refractivity contribution in [3.63, 3.8) is 0 Å². The van der Waals surface area contributed by atoms with Gasteiger partial charge in [0.1, 0.15) is 12.4 Å². The second-order valence-electron chi connectivity index (χ2n) is 4.89. The Morgan fingerprint density at radius 1 is 1.32 bits per heavy atom. The molecule has 8 heteroatoms. The minimum atomic E-state index is -1.01. The molecule has 2 heterocycles. The van der Waals surface area contributed by atoms with Crippen LogP contribution in [-0.2, 0) is 4.79 Å². The molecule has 8 nitrogen and oxygen atoms in total. The third-order valence-corrected chi connectivity index (χ3v) is 3.53. The molecule has 0 radical (unpaired) electrons.